The van der Waals surface area contributed by atoms with Crippen LogP contribution in [-0.4, -0.2) is 36.3 Å². The number of nitrogens with zero attached hydrogens (tertiary/aromatic N) is 2. The fourth-order valence-electron chi connectivity index (χ4n) is 2.58. The van der Waals surface area contributed by atoms with E-state index in [0.717, 1.165) is 10.4 Å². The van der Waals surface area contributed by atoms with Crippen molar-refractivity contribution in [1.82, 2.24) is 15.5 Å². The molecule has 0 fully saturated rings. The second kappa shape index (κ2) is 9.97. The molecule has 0 bridgehead atoms. The molecule has 1 N–H and O–H groups in total. The first-order valence-corrected chi connectivity index (χ1v) is 9.68. The van der Waals surface area contributed by atoms with Gasteiger partial charge in [-0.3, -0.25) is 4.79 Å². The lowest BCUT2D eigenvalue weighted by Gasteiger charge is -2.11. The maximum atomic E-state index is 12.4. The number of carbonyl (C=O) groups excluding carboxylic acids is 1. The van der Waals surface area contributed by atoms with E-state index in [0.29, 0.717) is 31.1 Å². The number of benzene rings is 1. The molecule has 1 aromatic carbocycles. The third-order valence-electron chi connectivity index (χ3n) is 3.96. The van der Waals surface area contributed by atoms with Gasteiger partial charge in [0.05, 0.1) is 12.0 Å². The van der Waals surface area contributed by atoms with Gasteiger partial charge in [-0.05, 0) is 35.6 Å². The molecule has 10 heteroatoms. The number of carbonyl (C=O) groups is 1. The first-order chi connectivity index (χ1) is 14.0. The number of ether oxygens (including phenoxy) is 2. The zero-order chi connectivity index (χ0) is 20.6. The van der Waals surface area contributed by atoms with Gasteiger partial charge in [-0.15, -0.1) is 11.3 Å². The van der Waals surface area contributed by atoms with Crippen molar-refractivity contribution in [2.24, 2.45) is 0 Å². The molecule has 0 spiro atoms. The topological polar surface area (TPSA) is 86.5 Å². The highest BCUT2D eigenvalue weighted by Gasteiger charge is 2.13. The number of aromatic nitrogens is 2. The number of aryl methyl sites for hydroxylation is 1. The number of rotatable bonds is 10. The van der Waals surface area contributed by atoms with E-state index in [4.69, 9.17) is 9.26 Å². The highest BCUT2D eigenvalue weighted by atomic mass is 32.1. The van der Waals surface area contributed by atoms with Gasteiger partial charge in [0.1, 0.15) is 0 Å². The van der Waals surface area contributed by atoms with Gasteiger partial charge in [-0.25, -0.2) is 0 Å². The predicted molar refractivity (Wildman–Crippen MR) is 102 cm³/mol. The summed E-state index contributed by atoms with van der Waals surface area (Å²) < 4.78 is 39.3. The van der Waals surface area contributed by atoms with E-state index in [-0.39, 0.29) is 23.8 Å². The Kier molecular flexibility index (Phi) is 7.12. The fraction of sp³-hybridized carbons (Fsp3) is 0.316. The standard InChI is InChI=1S/C19H19F2N3O4S/c1-26-14-11-12(4-5-13(14)27-19(20)21)8-9-22-16(25)6-7-17-23-18(24-28-17)15-3-2-10-29-15/h2-5,10-11,19H,6-9H2,1H3,(H,22,25). The van der Waals surface area contributed by atoms with Gasteiger partial charge in [0.25, 0.3) is 0 Å². The predicted octanol–water partition coefficient (Wildman–Crippen LogP) is 3.70. The second-order valence-corrected chi connectivity index (χ2v) is 6.90. The summed E-state index contributed by atoms with van der Waals surface area (Å²) in [6, 6.07) is 8.47. The summed E-state index contributed by atoms with van der Waals surface area (Å²) in [7, 11) is 1.38. The van der Waals surface area contributed by atoms with Crippen molar-refractivity contribution in [1.29, 1.82) is 0 Å². The summed E-state index contributed by atoms with van der Waals surface area (Å²) in [5, 5.41) is 8.63. The molecule has 0 unspecified atom stereocenters. The van der Waals surface area contributed by atoms with Crippen LogP contribution in [0.1, 0.15) is 17.9 Å². The van der Waals surface area contributed by atoms with Crippen LogP contribution in [0, 0.1) is 0 Å². The third kappa shape index (κ3) is 5.98. The van der Waals surface area contributed by atoms with E-state index in [1.807, 2.05) is 17.5 Å². The first-order valence-electron chi connectivity index (χ1n) is 8.80. The molecule has 0 saturated carbocycles. The van der Waals surface area contributed by atoms with Gasteiger partial charge in [0.2, 0.25) is 17.6 Å². The number of alkyl halides is 2. The monoisotopic (exact) mass is 423 g/mol. The van der Waals surface area contributed by atoms with Crippen LogP contribution >= 0.6 is 11.3 Å². The van der Waals surface area contributed by atoms with Gasteiger partial charge >= 0.3 is 6.61 Å². The Labute approximate surface area is 169 Å². The zero-order valence-electron chi connectivity index (χ0n) is 15.6. The summed E-state index contributed by atoms with van der Waals surface area (Å²) >= 11 is 1.51. The Morgan fingerprint density at radius 2 is 2.14 bits per heavy atom. The molecule has 2 heterocycles. The van der Waals surface area contributed by atoms with Crippen LogP contribution in [0.15, 0.2) is 40.2 Å². The molecule has 3 aromatic rings. The molecule has 0 aliphatic rings. The molecule has 154 valence electrons. The van der Waals surface area contributed by atoms with Crippen molar-refractivity contribution in [3.63, 3.8) is 0 Å². The molecule has 3 rings (SSSR count). The Morgan fingerprint density at radius 3 is 2.86 bits per heavy atom. The van der Waals surface area contributed by atoms with Gasteiger partial charge < -0.3 is 19.3 Å². The lowest BCUT2D eigenvalue weighted by molar-refractivity contribution is -0.121. The molecule has 0 aliphatic carbocycles. The summed E-state index contributed by atoms with van der Waals surface area (Å²) in [4.78, 5) is 17.2. The molecule has 0 radical (unpaired) electrons. The number of methoxy groups -OCH3 is 1. The van der Waals surface area contributed by atoms with Crippen molar-refractivity contribution in [2.75, 3.05) is 13.7 Å². The Bertz CT molecular complexity index is 931. The maximum absolute atomic E-state index is 12.4. The third-order valence-corrected chi connectivity index (χ3v) is 4.82. The van der Waals surface area contributed by atoms with Crippen molar-refractivity contribution >= 4 is 17.2 Å². The smallest absolute Gasteiger partial charge is 0.387 e. The minimum atomic E-state index is -2.92. The normalized spacial score (nSPS) is 10.9. The van der Waals surface area contributed by atoms with Crippen LogP contribution in [0.2, 0.25) is 0 Å². The van der Waals surface area contributed by atoms with Crippen molar-refractivity contribution in [3.8, 4) is 22.2 Å². The average molecular weight is 423 g/mol. The van der Waals surface area contributed by atoms with E-state index in [2.05, 4.69) is 20.2 Å². The molecular formula is C19H19F2N3O4S. The van der Waals surface area contributed by atoms with Crippen LogP contribution < -0.4 is 14.8 Å². The van der Waals surface area contributed by atoms with E-state index in [1.165, 1.54) is 24.5 Å². The Balaban J connectivity index is 1.43. The first kappa shape index (κ1) is 20.7. The SMILES string of the molecule is COc1cc(CCNC(=O)CCc2nc(-c3cccs3)no2)ccc1OC(F)F. The van der Waals surface area contributed by atoms with Crippen molar-refractivity contribution in [3.05, 3.63) is 47.2 Å². The number of hydrogen-bond donors (Lipinski definition) is 1. The maximum Gasteiger partial charge on any atom is 0.387 e. The lowest BCUT2D eigenvalue weighted by Crippen LogP contribution is -2.25. The summed E-state index contributed by atoms with van der Waals surface area (Å²) in [6.45, 7) is -2.53. The van der Waals surface area contributed by atoms with Crippen LogP contribution in [0.25, 0.3) is 10.7 Å². The van der Waals surface area contributed by atoms with Crippen LogP contribution in [0.3, 0.4) is 0 Å². The van der Waals surface area contributed by atoms with Crippen LogP contribution in [0.5, 0.6) is 11.5 Å². The highest BCUT2D eigenvalue weighted by Crippen LogP contribution is 2.29. The zero-order valence-corrected chi connectivity index (χ0v) is 16.4. The molecule has 0 atom stereocenters. The Hall–Kier alpha value is -3.01. The number of hydrogen-bond acceptors (Lipinski definition) is 7. The lowest BCUT2D eigenvalue weighted by atomic mass is 10.1. The summed E-state index contributed by atoms with van der Waals surface area (Å²) in [6.07, 6.45) is 1.08. The second-order valence-electron chi connectivity index (χ2n) is 5.95. The molecule has 29 heavy (non-hydrogen) atoms. The summed E-state index contributed by atoms with van der Waals surface area (Å²) in [5.41, 5.74) is 0.821. The Morgan fingerprint density at radius 1 is 1.28 bits per heavy atom. The van der Waals surface area contributed by atoms with E-state index < -0.39 is 6.61 Å². The van der Waals surface area contributed by atoms with Gasteiger partial charge in [0.15, 0.2) is 11.5 Å². The minimum absolute atomic E-state index is 0.0308. The van der Waals surface area contributed by atoms with Crippen molar-refractivity contribution < 1.29 is 27.6 Å². The van der Waals surface area contributed by atoms with Crippen molar-refractivity contribution in [2.45, 2.75) is 25.9 Å². The van der Waals surface area contributed by atoms with E-state index in [9.17, 15) is 13.6 Å². The molecule has 1 amide bonds. The van der Waals surface area contributed by atoms with Gasteiger partial charge in [0, 0.05) is 19.4 Å². The molecular weight excluding hydrogens is 404 g/mol. The highest BCUT2D eigenvalue weighted by molar-refractivity contribution is 7.13. The number of nitrogens with one attached hydrogen (secondary N) is 1. The largest absolute Gasteiger partial charge is 0.493 e. The fourth-order valence-corrected chi connectivity index (χ4v) is 3.23. The molecule has 7 nitrogen and oxygen atoms in total. The summed E-state index contributed by atoms with van der Waals surface area (Å²) in [5.74, 6) is 0.959. The van der Waals surface area contributed by atoms with Crippen LogP contribution in [0.4, 0.5) is 8.78 Å². The molecule has 2 aromatic heterocycles. The number of halogens is 2. The molecule has 0 aliphatic heterocycles. The van der Waals surface area contributed by atoms with E-state index >= 15 is 0 Å². The van der Waals surface area contributed by atoms with Gasteiger partial charge in [-0.2, -0.15) is 13.8 Å². The van der Waals surface area contributed by atoms with Gasteiger partial charge in [-0.1, -0.05) is 17.3 Å². The minimum Gasteiger partial charge on any atom is -0.493 e. The number of amides is 1. The number of thiophene rings is 1. The quantitative estimate of drug-likeness (QED) is 0.535. The molecule has 0 saturated heterocycles. The van der Waals surface area contributed by atoms with Crippen LogP contribution in [-0.2, 0) is 17.6 Å². The average Bonchev–Trinajstić information content (AvgIpc) is 3.38. The van der Waals surface area contributed by atoms with E-state index in [1.54, 1.807) is 12.1 Å².